The Balaban J connectivity index is 1.56. The molecule has 0 aliphatic carbocycles. The number of nitrogens with zero attached hydrogens (tertiary/aromatic N) is 2. The number of anilines is 1. The Labute approximate surface area is 202 Å². The number of aromatic nitrogens is 1. The number of aromatic amines is 1. The Bertz CT molecular complexity index is 1430. The van der Waals surface area contributed by atoms with Crippen LogP contribution in [0, 0.1) is 0 Å². The van der Waals surface area contributed by atoms with E-state index in [0.29, 0.717) is 23.0 Å². The maximum atomic E-state index is 13.8. The van der Waals surface area contributed by atoms with Crippen LogP contribution in [0.15, 0.2) is 72.8 Å². The van der Waals surface area contributed by atoms with Crippen molar-refractivity contribution in [3.63, 3.8) is 0 Å². The van der Waals surface area contributed by atoms with Gasteiger partial charge in [-0.3, -0.25) is 9.69 Å². The molecule has 2 atom stereocenters. The number of nitrogens with one attached hydrogen (secondary N) is 1. The van der Waals surface area contributed by atoms with Crippen molar-refractivity contribution in [1.82, 2.24) is 9.88 Å². The summed E-state index contributed by atoms with van der Waals surface area (Å²) in [7, 11) is 3.25. The molecule has 6 rings (SSSR count). The van der Waals surface area contributed by atoms with Crippen LogP contribution in [0.2, 0.25) is 0 Å². The van der Waals surface area contributed by atoms with Gasteiger partial charge in [0.15, 0.2) is 16.6 Å². The molecule has 34 heavy (non-hydrogen) atoms. The lowest BCUT2D eigenvalue weighted by atomic mass is 9.88. The number of ether oxygens (including phenoxy) is 2. The third kappa shape index (κ3) is 2.93. The summed E-state index contributed by atoms with van der Waals surface area (Å²) in [6, 6.07) is 23.1. The summed E-state index contributed by atoms with van der Waals surface area (Å²) < 4.78 is 11.1. The number of fused-ring (bicyclic) bond motifs is 4. The van der Waals surface area contributed by atoms with Crippen molar-refractivity contribution in [1.29, 1.82) is 0 Å². The zero-order chi connectivity index (χ0) is 23.4. The van der Waals surface area contributed by atoms with E-state index in [-0.39, 0.29) is 11.9 Å². The van der Waals surface area contributed by atoms with E-state index in [1.54, 1.807) is 19.1 Å². The molecule has 3 aromatic carbocycles. The molecule has 0 unspecified atom stereocenters. The molecule has 1 N–H and O–H groups in total. The smallest absolute Gasteiger partial charge is 0.256 e. The van der Waals surface area contributed by atoms with E-state index < -0.39 is 6.04 Å². The number of carbonyl (C=O) groups is 1. The number of benzene rings is 3. The first-order chi connectivity index (χ1) is 16.6. The molecular weight excluding hydrogens is 446 g/mol. The van der Waals surface area contributed by atoms with Crippen LogP contribution in [-0.2, 0) is 11.2 Å². The lowest BCUT2D eigenvalue weighted by molar-refractivity contribution is -0.120. The van der Waals surface area contributed by atoms with Crippen molar-refractivity contribution >= 4 is 39.8 Å². The zero-order valence-corrected chi connectivity index (χ0v) is 19.6. The highest BCUT2D eigenvalue weighted by molar-refractivity contribution is 7.80. The third-order valence-electron chi connectivity index (χ3n) is 6.79. The molecule has 0 radical (unpaired) electrons. The van der Waals surface area contributed by atoms with Crippen LogP contribution in [-0.4, -0.2) is 41.2 Å². The predicted molar refractivity (Wildman–Crippen MR) is 136 cm³/mol. The molecular formula is C27H23N3O3S. The molecule has 7 heteroatoms. The molecule has 0 spiro atoms. The van der Waals surface area contributed by atoms with Gasteiger partial charge in [-0.2, -0.15) is 0 Å². The van der Waals surface area contributed by atoms with Gasteiger partial charge in [0.1, 0.15) is 6.04 Å². The summed E-state index contributed by atoms with van der Waals surface area (Å²) in [4.78, 5) is 21.1. The van der Waals surface area contributed by atoms with Gasteiger partial charge in [-0.1, -0.05) is 42.5 Å². The van der Waals surface area contributed by atoms with Crippen molar-refractivity contribution in [3.05, 3.63) is 89.6 Å². The van der Waals surface area contributed by atoms with Crippen molar-refractivity contribution in [3.8, 4) is 11.5 Å². The lowest BCUT2D eigenvalue weighted by Gasteiger charge is -2.37. The highest BCUT2D eigenvalue weighted by Crippen LogP contribution is 2.46. The molecule has 1 aromatic heterocycles. The van der Waals surface area contributed by atoms with Crippen molar-refractivity contribution < 1.29 is 14.3 Å². The fourth-order valence-corrected chi connectivity index (χ4v) is 5.69. The van der Waals surface area contributed by atoms with E-state index >= 15 is 0 Å². The largest absolute Gasteiger partial charge is 0.493 e. The van der Waals surface area contributed by atoms with E-state index in [9.17, 15) is 4.79 Å². The summed E-state index contributed by atoms with van der Waals surface area (Å²) in [6.07, 6.45) is 0.589. The molecule has 0 bridgehead atoms. The van der Waals surface area contributed by atoms with Crippen molar-refractivity contribution in [2.45, 2.75) is 18.5 Å². The van der Waals surface area contributed by atoms with Gasteiger partial charge < -0.3 is 19.4 Å². The Morgan fingerprint density at radius 2 is 1.68 bits per heavy atom. The molecule has 2 aliphatic rings. The molecule has 4 aromatic rings. The average molecular weight is 470 g/mol. The number of methoxy groups -OCH3 is 2. The lowest BCUT2D eigenvalue weighted by Crippen LogP contribution is -2.44. The molecule has 1 amide bonds. The quantitative estimate of drug-likeness (QED) is 0.434. The highest BCUT2D eigenvalue weighted by atomic mass is 32.1. The second-order valence-corrected chi connectivity index (χ2v) is 8.86. The minimum absolute atomic E-state index is 0.00222. The van der Waals surface area contributed by atoms with Crippen molar-refractivity contribution in [2.75, 3.05) is 19.1 Å². The standard InChI is InChI=1S/C27H23N3O3S/c1-32-22-13-12-16(14-23(22)33-2)25-24-19(18-10-6-7-11-20(18)28-24)15-21-26(31)29(27(34)30(21)25)17-8-4-3-5-9-17/h3-14,21,25,28H,15H2,1-2H3/t21-,25-/m1/s1. The number of rotatable bonds is 4. The number of thiocarbonyl (C=S) groups is 1. The summed E-state index contributed by atoms with van der Waals surface area (Å²) in [5.41, 5.74) is 5.02. The van der Waals surface area contributed by atoms with Crippen LogP contribution in [0.25, 0.3) is 10.9 Å². The SMILES string of the molecule is COc1ccc([C@@H]2c3[nH]c4ccccc4c3C[C@@H]3C(=O)N(c4ccccc4)C(=S)N23)cc1OC. The van der Waals surface area contributed by atoms with Crippen LogP contribution < -0.4 is 14.4 Å². The van der Waals surface area contributed by atoms with Crippen LogP contribution in [0.4, 0.5) is 5.69 Å². The number of carbonyl (C=O) groups excluding carboxylic acids is 1. The molecule has 6 nitrogen and oxygen atoms in total. The number of amides is 1. The van der Waals surface area contributed by atoms with Crippen molar-refractivity contribution in [2.24, 2.45) is 0 Å². The Morgan fingerprint density at radius 3 is 2.44 bits per heavy atom. The molecule has 2 aliphatic heterocycles. The van der Waals surface area contributed by atoms with Gasteiger partial charge in [0.25, 0.3) is 5.91 Å². The van der Waals surface area contributed by atoms with Gasteiger partial charge in [0.05, 0.1) is 25.9 Å². The predicted octanol–water partition coefficient (Wildman–Crippen LogP) is 4.83. The Hall–Kier alpha value is -3.84. The maximum absolute atomic E-state index is 13.8. The molecule has 1 fully saturated rings. The highest BCUT2D eigenvalue weighted by Gasteiger charge is 2.51. The summed E-state index contributed by atoms with van der Waals surface area (Å²) in [5.74, 6) is 1.29. The van der Waals surface area contributed by atoms with Gasteiger partial charge >= 0.3 is 0 Å². The van der Waals surface area contributed by atoms with E-state index in [1.807, 2.05) is 60.7 Å². The number of hydrogen-bond donors (Lipinski definition) is 1. The number of para-hydroxylation sites is 2. The number of hydrogen-bond acceptors (Lipinski definition) is 4. The molecule has 1 saturated heterocycles. The minimum atomic E-state index is -0.391. The van der Waals surface area contributed by atoms with E-state index in [1.165, 1.54) is 0 Å². The van der Waals surface area contributed by atoms with Crippen LogP contribution in [0.5, 0.6) is 11.5 Å². The van der Waals surface area contributed by atoms with Crippen LogP contribution in [0.3, 0.4) is 0 Å². The second kappa shape index (κ2) is 7.88. The molecule has 170 valence electrons. The third-order valence-corrected chi connectivity index (χ3v) is 7.18. The topological polar surface area (TPSA) is 57.8 Å². The summed E-state index contributed by atoms with van der Waals surface area (Å²) in [5, 5.41) is 1.64. The van der Waals surface area contributed by atoms with Gasteiger partial charge in [-0.25, -0.2) is 0 Å². The summed E-state index contributed by atoms with van der Waals surface area (Å²) >= 11 is 5.96. The first-order valence-electron chi connectivity index (χ1n) is 11.1. The molecule has 3 heterocycles. The first kappa shape index (κ1) is 20.7. The van der Waals surface area contributed by atoms with E-state index in [2.05, 4.69) is 22.0 Å². The Kier molecular flexibility index (Phi) is 4.81. The fourth-order valence-electron chi connectivity index (χ4n) is 5.26. The summed E-state index contributed by atoms with van der Waals surface area (Å²) in [6.45, 7) is 0. The average Bonchev–Trinajstić information content (AvgIpc) is 3.37. The normalized spacial score (nSPS) is 19.4. The van der Waals surface area contributed by atoms with Gasteiger partial charge in [0.2, 0.25) is 0 Å². The van der Waals surface area contributed by atoms with E-state index in [4.69, 9.17) is 21.7 Å². The van der Waals surface area contributed by atoms with E-state index in [0.717, 1.165) is 33.4 Å². The van der Waals surface area contributed by atoms with Crippen LogP contribution in [0.1, 0.15) is 22.9 Å². The van der Waals surface area contributed by atoms with Gasteiger partial charge in [0, 0.05) is 23.0 Å². The minimum Gasteiger partial charge on any atom is -0.493 e. The van der Waals surface area contributed by atoms with Crippen LogP contribution >= 0.6 is 12.2 Å². The van der Waals surface area contributed by atoms with Gasteiger partial charge in [-0.05, 0) is 53.7 Å². The van der Waals surface area contributed by atoms with Gasteiger partial charge in [-0.15, -0.1) is 0 Å². The fraction of sp³-hybridized carbons (Fsp3) is 0.185. The monoisotopic (exact) mass is 469 g/mol. The molecule has 0 saturated carbocycles. The number of H-pyrrole nitrogens is 1. The second-order valence-electron chi connectivity index (χ2n) is 8.50. The first-order valence-corrected chi connectivity index (χ1v) is 11.6. The zero-order valence-electron chi connectivity index (χ0n) is 18.8. The maximum Gasteiger partial charge on any atom is 0.256 e. The Morgan fingerprint density at radius 1 is 0.941 bits per heavy atom.